The van der Waals surface area contributed by atoms with Gasteiger partial charge in [0.25, 0.3) is 5.91 Å². The maximum absolute atomic E-state index is 13.1. The second-order valence-corrected chi connectivity index (χ2v) is 12.3. The number of carbonyl (C=O) groups is 2. The van der Waals surface area contributed by atoms with E-state index in [1.807, 2.05) is 30.3 Å². The summed E-state index contributed by atoms with van der Waals surface area (Å²) in [7, 11) is 1.68. The number of carbonyl (C=O) groups excluding carboxylic acids is 2. The molecule has 1 aliphatic rings. The molecule has 0 spiro atoms. The van der Waals surface area contributed by atoms with Gasteiger partial charge in [-0.05, 0) is 68.0 Å². The fourth-order valence-corrected chi connectivity index (χ4v) is 5.89. The summed E-state index contributed by atoms with van der Waals surface area (Å²) < 4.78 is 18.9. The summed E-state index contributed by atoms with van der Waals surface area (Å²) in [5.41, 5.74) is 2.56. The van der Waals surface area contributed by atoms with Gasteiger partial charge in [-0.2, -0.15) is 5.26 Å². The Labute approximate surface area is 241 Å². The Morgan fingerprint density at radius 1 is 1.20 bits per heavy atom. The predicted molar refractivity (Wildman–Crippen MR) is 156 cm³/mol. The minimum absolute atomic E-state index is 0.0589. The summed E-state index contributed by atoms with van der Waals surface area (Å²) in [5.74, 6) is -0.833. The van der Waals surface area contributed by atoms with Gasteiger partial charge in [0.05, 0.1) is 18.1 Å². The molecule has 1 fully saturated rings. The van der Waals surface area contributed by atoms with E-state index in [4.69, 9.17) is 13.9 Å². The number of nitriles is 1. The van der Waals surface area contributed by atoms with E-state index in [0.29, 0.717) is 31.6 Å². The van der Waals surface area contributed by atoms with Gasteiger partial charge < -0.3 is 24.1 Å². The highest BCUT2D eigenvalue weighted by atomic mass is 32.1. The molecule has 4 aromatic rings. The van der Waals surface area contributed by atoms with Gasteiger partial charge in [-0.15, -0.1) is 11.3 Å². The van der Waals surface area contributed by atoms with E-state index < -0.39 is 35.5 Å². The van der Waals surface area contributed by atoms with Crippen LogP contribution in [0.4, 0.5) is 4.79 Å². The molecule has 0 radical (unpaired) electrons. The maximum atomic E-state index is 13.1. The molecule has 1 aliphatic heterocycles. The van der Waals surface area contributed by atoms with Crippen molar-refractivity contribution in [3.8, 4) is 17.2 Å². The smallest absolute Gasteiger partial charge is 0.419 e. The number of nitrogens with one attached hydrogen (secondary N) is 1. The molecule has 1 unspecified atom stereocenters. The molecule has 2 aromatic heterocycles. The fourth-order valence-electron chi connectivity index (χ4n) is 4.74. The van der Waals surface area contributed by atoms with E-state index in [1.165, 1.54) is 9.47 Å². The van der Waals surface area contributed by atoms with Crippen LogP contribution in [-0.2, 0) is 27.7 Å². The molecule has 0 bridgehead atoms. The second-order valence-electron chi connectivity index (χ2n) is 11.1. The van der Waals surface area contributed by atoms with Gasteiger partial charge in [-0.1, -0.05) is 18.2 Å². The van der Waals surface area contributed by atoms with Crippen molar-refractivity contribution in [2.24, 2.45) is 7.05 Å². The fraction of sp³-hybridized carbons (Fsp3) is 0.400. The molecule has 214 valence electrons. The Kier molecular flexibility index (Phi) is 7.89. The first-order chi connectivity index (χ1) is 19.5. The zero-order chi connectivity index (χ0) is 29.3. The van der Waals surface area contributed by atoms with Crippen molar-refractivity contribution in [3.63, 3.8) is 0 Å². The molecule has 1 saturated heterocycles. The highest BCUT2D eigenvalue weighted by Gasteiger charge is 2.31. The van der Waals surface area contributed by atoms with Gasteiger partial charge in [-0.3, -0.25) is 9.36 Å². The van der Waals surface area contributed by atoms with Gasteiger partial charge in [0.1, 0.15) is 11.6 Å². The number of hydrogen-bond acceptors (Lipinski definition) is 8. The number of rotatable bonds is 5. The number of hydrogen-bond donors (Lipinski definition) is 1. The normalized spacial score (nSPS) is 16.8. The molecule has 11 heteroatoms. The van der Waals surface area contributed by atoms with E-state index in [9.17, 15) is 19.6 Å². The Morgan fingerprint density at radius 2 is 1.95 bits per heavy atom. The van der Waals surface area contributed by atoms with Crippen molar-refractivity contribution < 1.29 is 23.5 Å². The van der Waals surface area contributed by atoms with Crippen molar-refractivity contribution in [1.29, 1.82) is 5.26 Å². The van der Waals surface area contributed by atoms with Gasteiger partial charge in [0, 0.05) is 36.2 Å². The summed E-state index contributed by atoms with van der Waals surface area (Å²) in [6, 6.07) is 15.2. The maximum Gasteiger partial charge on any atom is 0.419 e. The van der Waals surface area contributed by atoms with Gasteiger partial charge in [0.2, 0.25) is 0 Å². The lowest BCUT2D eigenvalue weighted by Gasteiger charge is -2.27. The van der Waals surface area contributed by atoms with Crippen molar-refractivity contribution in [3.05, 3.63) is 57.9 Å². The van der Waals surface area contributed by atoms with Gasteiger partial charge in [0.15, 0.2) is 11.7 Å². The van der Waals surface area contributed by atoms with Crippen molar-refractivity contribution in [1.82, 2.24) is 14.8 Å². The Bertz CT molecular complexity index is 1710. The van der Waals surface area contributed by atoms with Crippen molar-refractivity contribution >= 4 is 44.5 Å². The van der Waals surface area contributed by atoms with E-state index in [0.717, 1.165) is 31.6 Å². The number of fused-ring (bicyclic) bond motifs is 2. The largest absolute Gasteiger partial charge is 0.444 e. The van der Waals surface area contributed by atoms with E-state index in [2.05, 4.69) is 17.5 Å². The molecular formula is C30H32N4O6S. The lowest BCUT2D eigenvalue weighted by Crippen LogP contribution is -2.48. The van der Waals surface area contributed by atoms with E-state index >= 15 is 0 Å². The quantitative estimate of drug-likeness (QED) is 0.368. The highest BCUT2D eigenvalue weighted by molar-refractivity contribution is 7.19. The zero-order valence-corrected chi connectivity index (χ0v) is 24.2. The van der Waals surface area contributed by atoms with Crippen LogP contribution in [0, 0.1) is 11.3 Å². The van der Waals surface area contributed by atoms with Gasteiger partial charge in [-0.25, -0.2) is 9.59 Å². The van der Waals surface area contributed by atoms with Crippen LogP contribution in [0.3, 0.4) is 0 Å². The zero-order valence-electron chi connectivity index (χ0n) is 23.4. The third kappa shape index (κ3) is 6.45. The average Bonchev–Trinajstić information content (AvgIpc) is 3.33. The van der Waals surface area contributed by atoms with E-state index in [1.54, 1.807) is 45.2 Å². The van der Waals surface area contributed by atoms with E-state index in [-0.39, 0.29) is 6.54 Å². The topological polar surface area (TPSA) is 127 Å². The lowest BCUT2D eigenvalue weighted by atomic mass is 10.0. The first-order valence-electron chi connectivity index (χ1n) is 13.4. The van der Waals surface area contributed by atoms with Crippen LogP contribution in [0.2, 0.25) is 0 Å². The van der Waals surface area contributed by atoms with Crippen LogP contribution in [0.25, 0.3) is 32.3 Å². The number of aromatic nitrogens is 1. The van der Waals surface area contributed by atoms with Crippen LogP contribution >= 0.6 is 11.3 Å². The molecule has 41 heavy (non-hydrogen) atoms. The molecule has 10 nitrogen and oxygen atoms in total. The van der Waals surface area contributed by atoms with Crippen LogP contribution in [0.5, 0.6) is 0 Å². The second kappa shape index (κ2) is 11.4. The van der Waals surface area contributed by atoms with Crippen LogP contribution in [0.1, 0.15) is 32.1 Å². The van der Waals surface area contributed by atoms with Gasteiger partial charge >= 0.3 is 11.8 Å². The molecule has 0 aliphatic carbocycles. The third-order valence-electron chi connectivity index (χ3n) is 6.80. The predicted octanol–water partition coefficient (Wildman–Crippen LogP) is 4.59. The molecule has 0 saturated carbocycles. The molecular weight excluding hydrogens is 544 g/mol. The number of oxazole rings is 1. The molecule has 2 amide bonds. The first-order valence-corrected chi connectivity index (χ1v) is 14.2. The SMILES string of the molecule is Cn1c(=O)oc2ccc(-c3ccc4cc(CC(C#N)NC(=O)[C@@H]5CN(C(=O)OC(C)(C)C)CCCO5)sc4c3)cc21. The summed E-state index contributed by atoms with van der Waals surface area (Å²) in [5, 5.41) is 13.6. The minimum Gasteiger partial charge on any atom is -0.444 e. The Balaban J connectivity index is 1.27. The van der Waals surface area contributed by atoms with Crippen LogP contribution < -0.4 is 11.1 Å². The minimum atomic E-state index is -0.891. The highest BCUT2D eigenvalue weighted by Crippen LogP contribution is 2.32. The molecule has 1 N–H and O–H groups in total. The number of amides is 2. The molecule has 3 heterocycles. The number of benzene rings is 2. The summed E-state index contributed by atoms with van der Waals surface area (Å²) >= 11 is 1.56. The number of aryl methyl sites for hydroxylation is 1. The van der Waals surface area contributed by atoms with Crippen LogP contribution in [-0.4, -0.2) is 58.9 Å². The lowest BCUT2D eigenvalue weighted by molar-refractivity contribution is -0.133. The average molecular weight is 577 g/mol. The molecule has 2 atom stereocenters. The number of thiophene rings is 1. The van der Waals surface area contributed by atoms with Crippen molar-refractivity contribution in [2.75, 3.05) is 19.7 Å². The summed E-state index contributed by atoms with van der Waals surface area (Å²) in [6.45, 7) is 6.19. The summed E-state index contributed by atoms with van der Waals surface area (Å²) in [4.78, 5) is 39.9. The Morgan fingerprint density at radius 3 is 2.71 bits per heavy atom. The first kappa shape index (κ1) is 28.4. The van der Waals surface area contributed by atoms with Crippen molar-refractivity contribution in [2.45, 2.75) is 51.4 Å². The molecule has 2 aromatic carbocycles. The summed E-state index contributed by atoms with van der Waals surface area (Å²) in [6.07, 6.45) is -0.459. The monoisotopic (exact) mass is 576 g/mol. The number of nitrogens with zero attached hydrogens (tertiary/aromatic N) is 3. The molecule has 5 rings (SSSR count). The third-order valence-corrected chi connectivity index (χ3v) is 7.92. The Hall–Kier alpha value is -4.14. The standard InChI is InChI=1S/C30H32N4O6S/c1-30(2,3)40-29(37)34-10-5-11-38-25(17-34)27(35)32-21(16-31)15-22-12-20-7-6-19(14-26(20)41-22)18-8-9-24-23(13-18)33(4)28(36)39-24/h6-9,12-14,21,25H,5,10-11,15,17H2,1-4H3,(H,32,35)/t21?,25-/m0/s1. The van der Waals surface area contributed by atoms with Crippen LogP contribution in [0.15, 0.2) is 51.7 Å². The number of ether oxygens (including phenoxy) is 2.